The van der Waals surface area contributed by atoms with E-state index in [0.717, 1.165) is 25.1 Å². The Morgan fingerprint density at radius 3 is 3.04 bits per heavy atom. The first kappa shape index (κ1) is 15.1. The van der Waals surface area contributed by atoms with Crippen LogP contribution in [-0.4, -0.2) is 32.5 Å². The van der Waals surface area contributed by atoms with Crippen LogP contribution in [0.25, 0.3) is 11.0 Å². The van der Waals surface area contributed by atoms with Gasteiger partial charge in [-0.05, 0) is 56.5 Å². The number of nitrogens with zero attached hydrogens (tertiary/aromatic N) is 4. The summed E-state index contributed by atoms with van der Waals surface area (Å²) in [5.74, 6) is 0. The minimum Gasteiger partial charge on any atom is -0.343 e. The summed E-state index contributed by atoms with van der Waals surface area (Å²) in [6.07, 6.45) is 8.60. The van der Waals surface area contributed by atoms with Gasteiger partial charge in [-0.1, -0.05) is 6.07 Å². The molecule has 0 bridgehead atoms. The van der Waals surface area contributed by atoms with Gasteiger partial charge in [0.05, 0.1) is 11.0 Å². The zero-order chi connectivity index (χ0) is 16.8. The Hall–Kier alpha value is -2.20. The Morgan fingerprint density at radius 1 is 1.20 bits per heavy atom. The molecule has 1 atom stereocenters. The summed E-state index contributed by atoms with van der Waals surface area (Å²) in [7, 11) is 0. The Bertz CT molecular complexity index is 913. The highest BCUT2D eigenvalue weighted by molar-refractivity contribution is 5.83. The molecule has 3 aromatic rings. The molecule has 5 rings (SSSR count). The van der Waals surface area contributed by atoms with Crippen LogP contribution in [0.5, 0.6) is 0 Å². The van der Waals surface area contributed by atoms with E-state index < -0.39 is 0 Å². The second-order valence-electron chi connectivity index (χ2n) is 7.39. The van der Waals surface area contributed by atoms with E-state index in [2.05, 4.69) is 39.6 Å². The van der Waals surface area contributed by atoms with Crippen molar-refractivity contribution in [1.29, 1.82) is 0 Å². The molecule has 0 spiro atoms. The van der Waals surface area contributed by atoms with E-state index in [4.69, 9.17) is 4.98 Å². The van der Waals surface area contributed by atoms with Crippen molar-refractivity contribution in [3.8, 4) is 0 Å². The molecule has 2 aliphatic rings. The predicted octanol–water partition coefficient (Wildman–Crippen LogP) is 3.68. The molecule has 25 heavy (non-hydrogen) atoms. The Kier molecular flexibility index (Phi) is 3.59. The summed E-state index contributed by atoms with van der Waals surface area (Å²) < 4.78 is 2.54. The minimum absolute atomic E-state index is 0.584. The molecule has 1 saturated heterocycles. The first-order valence-electron chi connectivity index (χ1n) is 9.43. The van der Waals surface area contributed by atoms with Crippen molar-refractivity contribution in [3.05, 3.63) is 59.2 Å². The molecule has 4 heteroatoms. The Morgan fingerprint density at radius 2 is 2.16 bits per heavy atom. The van der Waals surface area contributed by atoms with Gasteiger partial charge in [-0.25, -0.2) is 0 Å². The molecule has 3 aromatic heterocycles. The monoisotopic (exact) mass is 332 g/mol. The third kappa shape index (κ3) is 2.47. The smallest absolute Gasteiger partial charge is 0.0934 e. The number of hydrogen-bond acceptors (Lipinski definition) is 3. The summed E-state index contributed by atoms with van der Waals surface area (Å²) >= 11 is 0. The molecule has 0 saturated carbocycles. The molecular weight excluding hydrogens is 308 g/mol. The van der Waals surface area contributed by atoms with Crippen LogP contribution in [0.3, 0.4) is 0 Å². The fourth-order valence-electron chi connectivity index (χ4n) is 4.73. The molecule has 5 heterocycles. The quantitative estimate of drug-likeness (QED) is 0.734. The molecule has 128 valence electrons. The Labute approximate surface area is 148 Å². The average molecular weight is 332 g/mol. The number of hydrogen-bond donors (Lipinski definition) is 0. The van der Waals surface area contributed by atoms with Gasteiger partial charge < -0.3 is 4.57 Å². The molecule has 0 aliphatic carbocycles. The van der Waals surface area contributed by atoms with Gasteiger partial charge in [-0.3, -0.25) is 14.9 Å². The van der Waals surface area contributed by atoms with E-state index in [1.54, 1.807) is 0 Å². The van der Waals surface area contributed by atoms with Gasteiger partial charge in [-0.2, -0.15) is 0 Å². The van der Waals surface area contributed by atoms with Crippen LogP contribution in [-0.2, 0) is 19.4 Å². The van der Waals surface area contributed by atoms with Gasteiger partial charge in [0.15, 0.2) is 0 Å². The van der Waals surface area contributed by atoms with E-state index in [-0.39, 0.29) is 0 Å². The van der Waals surface area contributed by atoms with Crippen molar-refractivity contribution in [2.75, 3.05) is 13.1 Å². The van der Waals surface area contributed by atoms with Crippen molar-refractivity contribution in [3.63, 3.8) is 0 Å². The van der Waals surface area contributed by atoms with Crippen LogP contribution in [0.1, 0.15) is 41.4 Å². The first-order valence-corrected chi connectivity index (χ1v) is 9.43. The normalized spacial score (nSPS) is 20.0. The average Bonchev–Trinajstić information content (AvgIpc) is 3.22. The summed E-state index contributed by atoms with van der Waals surface area (Å²) in [5, 5.41) is 0. The van der Waals surface area contributed by atoms with Crippen molar-refractivity contribution >= 4 is 11.0 Å². The number of rotatable bonds is 3. The number of pyridine rings is 2. The van der Waals surface area contributed by atoms with E-state index >= 15 is 0 Å². The van der Waals surface area contributed by atoms with E-state index in [1.807, 2.05) is 18.5 Å². The summed E-state index contributed by atoms with van der Waals surface area (Å²) in [6.45, 7) is 5.56. The lowest BCUT2D eigenvalue weighted by molar-refractivity contribution is 0.241. The lowest BCUT2D eigenvalue weighted by Gasteiger charge is -2.30. The lowest BCUT2D eigenvalue weighted by atomic mass is 9.98. The maximum Gasteiger partial charge on any atom is 0.0934 e. The molecule has 1 fully saturated rings. The second-order valence-corrected chi connectivity index (χ2v) is 7.39. The first-order chi connectivity index (χ1) is 12.3. The van der Waals surface area contributed by atoms with Crippen LogP contribution in [0, 0.1) is 6.92 Å². The lowest BCUT2D eigenvalue weighted by Crippen LogP contribution is -2.31. The van der Waals surface area contributed by atoms with Crippen molar-refractivity contribution in [1.82, 2.24) is 19.4 Å². The van der Waals surface area contributed by atoms with Crippen molar-refractivity contribution < 1.29 is 0 Å². The topological polar surface area (TPSA) is 34.0 Å². The molecule has 0 amide bonds. The molecule has 0 N–H and O–H groups in total. The molecular formula is C21H24N4. The zero-order valence-electron chi connectivity index (χ0n) is 14.8. The highest BCUT2D eigenvalue weighted by Crippen LogP contribution is 2.42. The Balaban J connectivity index is 1.61. The number of aryl methyl sites for hydroxylation is 3. The van der Waals surface area contributed by atoms with E-state index in [9.17, 15) is 0 Å². The number of fused-ring (bicyclic) bond motifs is 5. The van der Waals surface area contributed by atoms with Gasteiger partial charge in [0, 0.05) is 54.9 Å². The van der Waals surface area contributed by atoms with Crippen molar-refractivity contribution in [2.45, 2.75) is 45.2 Å². The summed E-state index contributed by atoms with van der Waals surface area (Å²) in [6, 6.07) is 9.21. The van der Waals surface area contributed by atoms with E-state index in [1.165, 1.54) is 53.8 Å². The van der Waals surface area contributed by atoms with Crippen LogP contribution < -0.4 is 0 Å². The predicted molar refractivity (Wildman–Crippen MR) is 99.7 cm³/mol. The SMILES string of the molecule is Cc1ccc2c(n1)c1c(n2CCc2cccnc2)CCN2CCCC12. The highest BCUT2D eigenvalue weighted by atomic mass is 15.2. The van der Waals surface area contributed by atoms with Gasteiger partial charge in [0.2, 0.25) is 0 Å². The molecule has 0 aromatic carbocycles. The van der Waals surface area contributed by atoms with Crippen LogP contribution in [0.15, 0.2) is 36.7 Å². The number of aromatic nitrogens is 3. The van der Waals surface area contributed by atoms with Crippen LogP contribution in [0.4, 0.5) is 0 Å². The summed E-state index contributed by atoms with van der Waals surface area (Å²) in [4.78, 5) is 11.9. The fraction of sp³-hybridized carbons (Fsp3) is 0.429. The van der Waals surface area contributed by atoms with Gasteiger partial charge >= 0.3 is 0 Å². The molecule has 0 radical (unpaired) electrons. The molecule has 4 nitrogen and oxygen atoms in total. The van der Waals surface area contributed by atoms with Gasteiger partial charge in [0.25, 0.3) is 0 Å². The third-order valence-corrected chi connectivity index (χ3v) is 5.88. The van der Waals surface area contributed by atoms with Crippen molar-refractivity contribution in [2.24, 2.45) is 0 Å². The maximum absolute atomic E-state index is 4.97. The maximum atomic E-state index is 4.97. The standard InChI is InChI=1S/C21H24N4/c1-15-6-7-19-21(23-15)20-17-5-3-11-24(17)12-9-18(20)25(19)13-8-16-4-2-10-22-14-16/h2,4,6-7,10,14,17H,3,5,8-9,11-13H2,1H3. The largest absolute Gasteiger partial charge is 0.343 e. The van der Waals surface area contributed by atoms with E-state index in [0.29, 0.717) is 6.04 Å². The van der Waals surface area contributed by atoms with Gasteiger partial charge in [-0.15, -0.1) is 0 Å². The fourth-order valence-corrected chi connectivity index (χ4v) is 4.73. The third-order valence-electron chi connectivity index (χ3n) is 5.88. The highest BCUT2D eigenvalue weighted by Gasteiger charge is 2.35. The van der Waals surface area contributed by atoms with Crippen LogP contribution in [0.2, 0.25) is 0 Å². The zero-order valence-corrected chi connectivity index (χ0v) is 14.8. The minimum atomic E-state index is 0.584. The van der Waals surface area contributed by atoms with Gasteiger partial charge in [0.1, 0.15) is 0 Å². The molecule has 2 aliphatic heterocycles. The van der Waals surface area contributed by atoms with Crippen LogP contribution >= 0.6 is 0 Å². The molecule has 1 unspecified atom stereocenters. The summed E-state index contributed by atoms with van der Waals surface area (Å²) in [5.41, 5.74) is 8.03. The second kappa shape index (κ2) is 5.95.